The van der Waals surface area contributed by atoms with Crippen molar-refractivity contribution in [3.63, 3.8) is 0 Å². The zero-order chi connectivity index (χ0) is 7.90. The molecule has 1 aliphatic heterocycles. The zero-order valence-electron chi connectivity index (χ0n) is 5.46. The average molecular weight is 187 g/mol. The fourth-order valence-corrected chi connectivity index (χ4v) is 1.11. The predicted octanol–water partition coefficient (Wildman–Crippen LogP) is 3.15. The van der Waals surface area contributed by atoms with E-state index in [-0.39, 0.29) is 0 Å². The summed E-state index contributed by atoms with van der Waals surface area (Å²) in [4.78, 5) is 0. The maximum atomic E-state index is 5.85. The second-order valence-corrected chi connectivity index (χ2v) is 3.26. The van der Waals surface area contributed by atoms with Crippen molar-refractivity contribution >= 4 is 23.2 Å². The van der Waals surface area contributed by atoms with Crippen LogP contribution in [0.2, 0.25) is 5.02 Å². The summed E-state index contributed by atoms with van der Waals surface area (Å²) in [6.45, 7) is 0. The molecule has 0 N–H and O–H groups in total. The van der Waals surface area contributed by atoms with Gasteiger partial charge in [0.2, 0.25) is 0 Å². The van der Waals surface area contributed by atoms with E-state index in [0.717, 1.165) is 5.56 Å². The average Bonchev–Trinajstić information content (AvgIpc) is 2.70. The van der Waals surface area contributed by atoms with Crippen molar-refractivity contribution in [2.75, 3.05) is 0 Å². The van der Waals surface area contributed by atoms with Crippen molar-refractivity contribution in [1.29, 1.82) is 0 Å². The van der Waals surface area contributed by atoms with Crippen molar-refractivity contribution in [2.24, 2.45) is 10.2 Å². The molecule has 0 saturated heterocycles. The Morgan fingerprint density at radius 3 is 2.09 bits per heavy atom. The molecule has 0 fully saturated rings. The summed E-state index contributed by atoms with van der Waals surface area (Å²) in [6, 6.07) is 7.17. The Balaban J connectivity index is 2.34. The highest BCUT2D eigenvalue weighted by atomic mass is 35.5. The fraction of sp³-hybridized carbons (Fsp3) is 0.143. The molecule has 11 heavy (non-hydrogen) atoms. The summed E-state index contributed by atoms with van der Waals surface area (Å²) in [5.41, 5.74) is 0.864. The second-order valence-electron chi connectivity index (χ2n) is 2.29. The van der Waals surface area contributed by atoms with E-state index in [0.29, 0.717) is 5.02 Å². The minimum absolute atomic E-state index is 0.690. The van der Waals surface area contributed by atoms with Gasteiger partial charge in [-0.25, -0.2) is 0 Å². The molecule has 1 heterocycles. The molecule has 1 aromatic rings. The van der Waals surface area contributed by atoms with Crippen molar-refractivity contribution in [3.8, 4) is 0 Å². The van der Waals surface area contributed by atoms with Gasteiger partial charge in [-0.05, 0) is 12.1 Å². The molecule has 0 aromatic heterocycles. The van der Waals surface area contributed by atoms with Crippen LogP contribution < -0.4 is 0 Å². The first-order valence-electron chi connectivity index (χ1n) is 3.10. The summed E-state index contributed by atoms with van der Waals surface area (Å²) in [5, 5.41) is 7.25. The first-order valence-corrected chi connectivity index (χ1v) is 3.85. The van der Waals surface area contributed by atoms with Gasteiger partial charge in [-0.15, -0.1) is 10.2 Å². The highest BCUT2D eigenvalue weighted by Crippen LogP contribution is 2.43. The third-order valence-electron chi connectivity index (χ3n) is 1.49. The predicted molar refractivity (Wildman–Crippen MR) is 43.8 cm³/mol. The quantitative estimate of drug-likeness (QED) is 0.476. The monoisotopic (exact) mass is 186 g/mol. The van der Waals surface area contributed by atoms with Crippen molar-refractivity contribution < 1.29 is 0 Å². The smallest absolute Gasteiger partial charge is 0.135 e. The SMILES string of the molecule is Clc1ccc(C2(Cl)N=N2)cc1. The number of hydrogen-bond acceptors (Lipinski definition) is 2. The first-order chi connectivity index (χ1) is 5.21. The summed E-state index contributed by atoms with van der Waals surface area (Å²) in [6.07, 6.45) is 0. The molecule has 0 aliphatic carbocycles. The van der Waals surface area contributed by atoms with Gasteiger partial charge in [0, 0.05) is 10.6 Å². The molecule has 2 nitrogen and oxygen atoms in total. The number of alkyl halides is 1. The van der Waals surface area contributed by atoms with E-state index in [1.807, 2.05) is 12.1 Å². The van der Waals surface area contributed by atoms with Crippen LogP contribution in [0.15, 0.2) is 34.5 Å². The Labute approximate surface area is 73.8 Å². The van der Waals surface area contributed by atoms with Crippen LogP contribution in [0.3, 0.4) is 0 Å². The third kappa shape index (κ3) is 1.24. The third-order valence-corrected chi connectivity index (χ3v) is 2.11. The number of hydrogen-bond donors (Lipinski definition) is 0. The highest BCUT2D eigenvalue weighted by Gasteiger charge is 2.39. The van der Waals surface area contributed by atoms with Gasteiger partial charge < -0.3 is 0 Å². The number of nitrogens with zero attached hydrogens (tertiary/aromatic N) is 2. The Hall–Kier alpha value is -0.600. The van der Waals surface area contributed by atoms with Crippen LogP contribution in [0, 0.1) is 0 Å². The molecule has 56 valence electrons. The van der Waals surface area contributed by atoms with Crippen molar-refractivity contribution in [2.45, 2.75) is 5.12 Å². The molecular formula is C7H4Cl2N2. The molecule has 0 radical (unpaired) electrons. The maximum Gasteiger partial charge on any atom is 0.289 e. The molecule has 0 bridgehead atoms. The normalized spacial score (nSPS) is 18.4. The molecule has 1 aromatic carbocycles. The van der Waals surface area contributed by atoms with Crippen LogP contribution in [0.25, 0.3) is 0 Å². The lowest BCUT2D eigenvalue weighted by Crippen LogP contribution is -1.96. The highest BCUT2D eigenvalue weighted by molar-refractivity contribution is 6.30. The molecular weight excluding hydrogens is 183 g/mol. The fourth-order valence-electron chi connectivity index (χ4n) is 0.821. The maximum absolute atomic E-state index is 5.85. The van der Waals surface area contributed by atoms with Crippen LogP contribution in [0.1, 0.15) is 5.56 Å². The van der Waals surface area contributed by atoms with Crippen LogP contribution in [0.4, 0.5) is 0 Å². The van der Waals surface area contributed by atoms with Gasteiger partial charge in [0.1, 0.15) is 0 Å². The molecule has 0 amide bonds. The minimum atomic E-state index is -0.801. The van der Waals surface area contributed by atoms with Crippen LogP contribution >= 0.6 is 23.2 Å². The number of halogens is 2. The largest absolute Gasteiger partial charge is 0.289 e. The molecule has 0 atom stereocenters. The van der Waals surface area contributed by atoms with E-state index in [1.165, 1.54) is 0 Å². The van der Waals surface area contributed by atoms with E-state index in [9.17, 15) is 0 Å². The van der Waals surface area contributed by atoms with Crippen molar-refractivity contribution in [3.05, 3.63) is 34.9 Å². The summed E-state index contributed by atoms with van der Waals surface area (Å²) in [7, 11) is 0. The Morgan fingerprint density at radius 1 is 1.09 bits per heavy atom. The molecule has 0 spiro atoms. The number of benzene rings is 1. The van der Waals surface area contributed by atoms with Crippen LogP contribution in [-0.2, 0) is 5.12 Å². The van der Waals surface area contributed by atoms with Gasteiger partial charge in [0.25, 0.3) is 5.12 Å². The Kier molecular flexibility index (Phi) is 1.41. The van der Waals surface area contributed by atoms with Crippen LogP contribution in [-0.4, -0.2) is 0 Å². The lowest BCUT2D eigenvalue weighted by atomic mass is 10.2. The van der Waals surface area contributed by atoms with Gasteiger partial charge in [-0.2, -0.15) is 0 Å². The number of rotatable bonds is 1. The molecule has 0 unspecified atom stereocenters. The zero-order valence-corrected chi connectivity index (χ0v) is 6.97. The molecule has 4 heteroatoms. The topological polar surface area (TPSA) is 24.7 Å². The van der Waals surface area contributed by atoms with Gasteiger partial charge in [0.15, 0.2) is 0 Å². The van der Waals surface area contributed by atoms with Gasteiger partial charge >= 0.3 is 0 Å². The molecule has 0 saturated carbocycles. The van der Waals surface area contributed by atoms with E-state index in [2.05, 4.69) is 10.2 Å². The van der Waals surface area contributed by atoms with Gasteiger partial charge in [0.05, 0.1) is 0 Å². The molecule has 1 aliphatic rings. The summed E-state index contributed by atoms with van der Waals surface area (Å²) < 4.78 is 0. The minimum Gasteiger partial charge on any atom is -0.135 e. The van der Waals surface area contributed by atoms with E-state index in [4.69, 9.17) is 23.2 Å². The standard InChI is InChI=1S/C7H4Cl2N2/c8-6-3-1-5(2-4-6)7(9)10-11-7/h1-4H. The second kappa shape index (κ2) is 2.19. The Morgan fingerprint density at radius 2 is 1.64 bits per heavy atom. The van der Waals surface area contributed by atoms with Crippen LogP contribution in [0.5, 0.6) is 0 Å². The van der Waals surface area contributed by atoms with Gasteiger partial charge in [-0.1, -0.05) is 35.3 Å². The summed E-state index contributed by atoms with van der Waals surface area (Å²) >= 11 is 11.5. The lowest BCUT2D eigenvalue weighted by Gasteiger charge is -2.00. The van der Waals surface area contributed by atoms with E-state index < -0.39 is 5.12 Å². The van der Waals surface area contributed by atoms with E-state index >= 15 is 0 Å². The Bertz CT molecular complexity index is 299. The van der Waals surface area contributed by atoms with E-state index in [1.54, 1.807) is 12.1 Å². The van der Waals surface area contributed by atoms with Gasteiger partial charge in [-0.3, -0.25) is 0 Å². The first kappa shape index (κ1) is 7.07. The van der Waals surface area contributed by atoms with Crippen molar-refractivity contribution in [1.82, 2.24) is 0 Å². The summed E-state index contributed by atoms with van der Waals surface area (Å²) in [5.74, 6) is 0. The molecule has 2 rings (SSSR count). The lowest BCUT2D eigenvalue weighted by molar-refractivity contribution is 0.941.